The maximum atomic E-state index is 12.4. The number of carbonyl (C=O) groups is 1. The molecule has 5 nitrogen and oxygen atoms in total. The van der Waals surface area contributed by atoms with E-state index in [-0.39, 0.29) is 29.9 Å². The van der Waals surface area contributed by atoms with E-state index in [9.17, 15) is 9.59 Å². The first kappa shape index (κ1) is 13.1. The first-order valence-electron chi connectivity index (χ1n) is 6.53. The van der Waals surface area contributed by atoms with Crippen molar-refractivity contribution in [3.05, 3.63) is 40.4 Å². The van der Waals surface area contributed by atoms with Gasteiger partial charge in [-0.25, -0.2) is 4.98 Å². The van der Waals surface area contributed by atoms with Gasteiger partial charge in [0.25, 0.3) is 5.56 Å². The topological polar surface area (TPSA) is 64.0 Å². The summed E-state index contributed by atoms with van der Waals surface area (Å²) in [6.45, 7) is -0.0325. The molecule has 1 N–H and O–H groups in total. The molecule has 2 aromatic rings. The minimum atomic E-state index is -0.225. The van der Waals surface area contributed by atoms with Crippen LogP contribution in [-0.2, 0) is 17.2 Å². The molecule has 1 amide bonds. The molecule has 1 aromatic carbocycles. The normalized spacial score (nSPS) is 14.4. The monoisotopic (exact) mass is 291 g/mol. The first-order valence-corrected chi connectivity index (χ1v) is 7.06. The van der Waals surface area contributed by atoms with Gasteiger partial charge in [0.1, 0.15) is 12.4 Å². The summed E-state index contributed by atoms with van der Waals surface area (Å²) >= 11 is 5.85. The number of hydrogen-bond donors (Lipinski definition) is 1. The van der Waals surface area contributed by atoms with Crippen LogP contribution in [0, 0.1) is 0 Å². The molecule has 3 rings (SSSR count). The van der Waals surface area contributed by atoms with Gasteiger partial charge in [-0.3, -0.25) is 14.2 Å². The van der Waals surface area contributed by atoms with E-state index in [0.717, 1.165) is 12.8 Å². The van der Waals surface area contributed by atoms with Gasteiger partial charge in [0, 0.05) is 6.04 Å². The van der Waals surface area contributed by atoms with Gasteiger partial charge in [-0.15, -0.1) is 11.6 Å². The largest absolute Gasteiger partial charge is 0.352 e. The lowest BCUT2D eigenvalue weighted by molar-refractivity contribution is -0.121. The van der Waals surface area contributed by atoms with Gasteiger partial charge < -0.3 is 5.32 Å². The van der Waals surface area contributed by atoms with Crippen LogP contribution in [0.25, 0.3) is 10.9 Å². The van der Waals surface area contributed by atoms with Crippen LogP contribution in [0.5, 0.6) is 0 Å². The van der Waals surface area contributed by atoms with E-state index in [1.807, 2.05) is 6.07 Å². The molecule has 0 bridgehead atoms. The number of nitrogens with zero attached hydrogens (tertiary/aromatic N) is 2. The van der Waals surface area contributed by atoms with Crippen LogP contribution >= 0.6 is 11.6 Å². The highest BCUT2D eigenvalue weighted by Gasteiger charge is 2.24. The molecule has 0 spiro atoms. The molecule has 1 fully saturated rings. The highest BCUT2D eigenvalue weighted by molar-refractivity contribution is 6.16. The summed E-state index contributed by atoms with van der Waals surface area (Å²) in [6, 6.07) is 7.34. The summed E-state index contributed by atoms with van der Waals surface area (Å²) < 4.78 is 1.35. The minimum Gasteiger partial charge on any atom is -0.352 e. The lowest BCUT2D eigenvalue weighted by atomic mass is 10.2. The maximum Gasteiger partial charge on any atom is 0.261 e. The third-order valence-corrected chi connectivity index (χ3v) is 3.54. The minimum absolute atomic E-state index is 0.0325. The fourth-order valence-corrected chi connectivity index (χ4v) is 2.33. The Kier molecular flexibility index (Phi) is 3.44. The predicted octanol–water partition coefficient (Wildman–Crippen LogP) is 1.41. The highest BCUT2D eigenvalue weighted by atomic mass is 35.5. The zero-order chi connectivity index (χ0) is 14.1. The molecule has 0 unspecified atom stereocenters. The fraction of sp³-hybridized carbons (Fsp3) is 0.357. The second kappa shape index (κ2) is 5.25. The molecule has 0 aliphatic heterocycles. The molecular formula is C14H14ClN3O2. The van der Waals surface area contributed by atoms with Crippen LogP contribution in [0.3, 0.4) is 0 Å². The summed E-state index contributed by atoms with van der Waals surface area (Å²) in [5.41, 5.74) is 0.379. The van der Waals surface area contributed by atoms with Gasteiger partial charge >= 0.3 is 0 Å². The van der Waals surface area contributed by atoms with Crippen molar-refractivity contribution in [3.63, 3.8) is 0 Å². The van der Waals surface area contributed by atoms with Gasteiger partial charge in [0.15, 0.2) is 0 Å². The van der Waals surface area contributed by atoms with Crippen molar-refractivity contribution < 1.29 is 4.79 Å². The van der Waals surface area contributed by atoms with Crippen molar-refractivity contribution in [3.8, 4) is 0 Å². The standard InChI is InChI=1S/C14H14ClN3O2/c15-7-12-17-11-4-2-1-3-10(11)14(20)18(12)8-13(19)16-9-5-6-9/h1-4,9H,5-8H2,(H,16,19). The van der Waals surface area contributed by atoms with E-state index in [2.05, 4.69) is 10.3 Å². The molecule has 0 radical (unpaired) electrons. The Labute approximate surface area is 120 Å². The van der Waals surface area contributed by atoms with Crippen molar-refractivity contribution in [2.24, 2.45) is 0 Å². The number of para-hydroxylation sites is 1. The lowest BCUT2D eigenvalue weighted by Crippen LogP contribution is -2.35. The number of benzene rings is 1. The molecular weight excluding hydrogens is 278 g/mol. The quantitative estimate of drug-likeness (QED) is 0.867. The fourth-order valence-electron chi connectivity index (χ4n) is 2.12. The molecule has 1 heterocycles. The number of rotatable bonds is 4. The smallest absolute Gasteiger partial charge is 0.261 e. The Hall–Kier alpha value is -1.88. The average Bonchev–Trinajstić information content (AvgIpc) is 3.25. The van der Waals surface area contributed by atoms with E-state index < -0.39 is 0 Å². The van der Waals surface area contributed by atoms with Crippen LogP contribution in [0.15, 0.2) is 29.1 Å². The molecule has 1 aliphatic rings. The summed E-state index contributed by atoms with van der Waals surface area (Å²) in [5.74, 6) is 0.343. The predicted molar refractivity (Wildman–Crippen MR) is 76.7 cm³/mol. The van der Waals surface area contributed by atoms with Gasteiger partial charge in [0.2, 0.25) is 5.91 Å². The van der Waals surface area contributed by atoms with Gasteiger partial charge in [-0.2, -0.15) is 0 Å². The van der Waals surface area contributed by atoms with E-state index in [0.29, 0.717) is 16.7 Å². The average molecular weight is 292 g/mol. The Bertz CT molecular complexity index is 722. The number of halogens is 1. The van der Waals surface area contributed by atoms with Crippen molar-refractivity contribution in [2.45, 2.75) is 31.3 Å². The number of nitrogens with one attached hydrogen (secondary N) is 1. The Morgan fingerprint density at radius 1 is 1.40 bits per heavy atom. The molecule has 104 valence electrons. The van der Waals surface area contributed by atoms with E-state index in [1.165, 1.54) is 4.57 Å². The van der Waals surface area contributed by atoms with Gasteiger partial charge in [0.05, 0.1) is 16.8 Å². The number of fused-ring (bicyclic) bond motifs is 1. The molecule has 1 aromatic heterocycles. The number of carbonyl (C=O) groups excluding carboxylic acids is 1. The van der Waals surface area contributed by atoms with Gasteiger partial charge in [-0.05, 0) is 25.0 Å². The molecule has 0 saturated heterocycles. The Morgan fingerprint density at radius 2 is 2.15 bits per heavy atom. The van der Waals surface area contributed by atoms with Crippen molar-refractivity contribution >= 4 is 28.4 Å². The zero-order valence-corrected chi connectivity index (χ0v) is 11.6. The molecule has 20 heavy (non-hydrogen) atoms. The molecule has 0 atom stereocenters. The van der Waals surface area contributed by atoms with Crippen LogP contribution in [0.4, 0.5) is 0 Å². The highest BCUT2D eigenvalue weighted by Crippen LogP contribution is 2.18. The third kappa shape index (κ3) is 2.54. The first-order chi connectivity index (χ1) is 9.69. The van der Waals surface area contributed by atoms with Crippen LogP contribution in [0.2, 0.25) is 0 Å². The van der Waals surface area contributed by atoms with Crippen LogP contribution in [-0.4, -0.2) is 21.5 Å². The Balaban J connectivity index is 2.01. The number of alkyl halides is 1. The number of aromatic nitrogens is 2. The lowest BCUT2D eigenvalue weighted by Gasteiger charge is -2.11. The zero-order valence-electron chi connectivity index (χ0n) is 10.8. The number of amides is 1. The van der Waals surface area contributed by atoms with Crippen molar-refractivity contribution in [1.82, 2.24) is 14.9 Å². The van der Waals surface area contributed by atoms with Crippen LogP contribution < -0.4 is 10.9 Å². The SMILES string of the molecule is O=C(Cn1c(CCl)nc2ccccc2c1=O)NC1CC1. The van der Waals surface area contributed by atoms with E-state index >= 15 is 0 Å². The molecule has 1 saturated carbocycles. The summed E-state index contributed by atoms with van der Waals surface area (Å²) in [6.07, 6.45) is 2.03. The van der Waals surface area contributed by atoms with Crippen LogP contribution in [0.1, 0.15) is 18.7 Å². The van der Waals surface area contributed by atoms with E-state index in [1.54, 1.807) is 18.2 Å². The second-order valence-electron chi connectivity index (χ2n) is 4.91. The second-order valence-corrected chi connectivity index (χ2v) is 5.18. The third-order valence-electron chi connectivity index (χ3n) is 3.30. The molecule has 1 aliphatic carbocycles. The summed E-state index contributed by atoms with van der Waals surface area (Å²) in [4.78, 5) is 28.7. The van der Waals surface area contributed by atoms with E-state index in [4.69, 9.17) is 11.6 Å². The Morgan fingerprint density at radius 3 is 2.85 bits per heavy atom. The summed E-state index contributed by atoms with van der Waals surface area (Å²) in [7, 11) is 0. The van der Waals surface area contributed by atoms with Crippen molar-refractivity contribution in [2.75, 3.05) is 0 Å². The van der Waals surface area contributed by atoms with Gasteiger partial charge in [-0.1, -0.05) is 12.1 Å². The molecule has 6 heteroatoms. The number of hydrogen-bond acceptors (Lipinski definition) is 3. The van der Waals surface area contributed by atoms with Crippen molar-refractivity contribution in [1.29, 1.82) is 0 Å². The maximum absolute atomic E-state index is 12.4. The summed E-state index contributed by atoms with van der Waals surface area (Å²) in [5, 5.41) is 3.36.